The molecule has 3 rings (SSSR count). The summed E-state index contributed by atoms with van der Waals surface area (Å²) in [6, 6.07) is 0. The van der Waals surface area contributed by atoms with Crippen LogP contribution in [-0.2, 0) is 9.16 Å². The lowest BCUT2D eigenvalue weighted by Gasteiger charge is -2.41. The van der Waals surface area contributed by atoms with E-state index in [0.717, 1.165) is 0 Å². The van der Waals surface area contributed by atoms with Gasteiger partial charge >= 0.3 is 0 Å². The van der Waals surface area contributed by atoms with Crippen LogP contribution in [0.15, 0.2) is 22.6 Å². The molecule has 1 aliphatic rings. The zero-order valence-corrected chi connectivity index (χ0v) is 17.7. The molecule has 0 amide bonds. The molecular formula is C17H27N5O5Si. The molecule has 11 heteroatoms. The number of ether oxygens (including phenoxy) is 1. The first-order valence-corrected chi connectivity index (χ1v) is 12.0. The first kappa shape index (κ1) is 20.6. The Morgan fingerprint density at radius 1 is 1.50 bits per heavy atom. The van der Waals surface area contributed by atoms with Gasteiger partial charge in [-0.25, -0.2) is 9.97 Å². The lowest BCUT2D eigenvalue weighted by atomic mass is 9.99. The van der Waals surface area contributed by atoms with E-state index in [1.165, 1.54) is 18.9 Å². The summed E-state index contributed by atoms with van der Waals surface area (Å²) in [4.78, 5) is 22.7. The Kier molecular flexibility index (Phi) is 5.21. The van der Waals surface area contributed by atoms with Gasteiger partial charge in [0.15, 0.2) is 25.1 Å². The molecule has 10 nitrogen and oxygen atoms in total. The summed E-state index contributed by atoms with van der Waals surface area (Å²) < 4.78 is 14.3. The van der Waals surface area contributed by atoms with Gasteiger partial charge in [-0.1, -0.05) is 25.9 Å². The van der Waals surface area contributed by atoms with E-state index in [4.69, 9.17) is 9.16 Å². The summed E-state index contributed by atoms with van der Waals surface area (Å²) in [5, 5.41) is 22.4. The van der Waals surface area contributed by atoms with Crippen molar-refractivity contribution < 1.29 is 19.5 Å². The molecule has 154 valence electrons. The summed E-state index contributed by atoms with van der Waals surface area (Å²) in [6.07, 6.45) is 3.18. The number of nitrogens with zero attached hydrogens (tertiary/aromatic N) is 4. The normalized spacial score (nSPS) is 26.5. The number of oxime groups is 1. The number of aromatic amines is 1. The van der Waals surface area contributed by atoms with Crippen molar-refractivity contribution >= 4 is 25.7 Å². The van der Waals surface area contributed by atoms with E-state index in [-0.39, 0.29) is 16.1 Å². The van der Waals surface area contributed by atoms with Gasteiger partial charge in [0, 0.05) is 6.42 Å². The van der Waals surface area contributed by atoms with Crippen LogP contribution in [0, 0.1) is 0 Å². The number of aromatic nitrogens is 4. The maximum atomic E-state index is 11.9. The van der Waals surface area contributed by atoms with Crippen LogP contribution < -0.4 is 5.56 Å². The van der Waals surface area contributed by atoms with Crippen molar-refractivity contribution in [2.75, 3.05) is 6.61 Å². The number of hydrogen-bond donors (Lipinski definition) is 3. The maximum Gasteiger partial charge on any atom is 0.278 e. The quantitative estimate of drug-likeness (QED) is 0.295. The van der Waals surface area contributed by atoms with E-state index >= 15 is 0 Å². The molecule has 2 aromatic heterocycles. The zero-order chi connectivity index (χ0) is 20.7. The topological polar surface area (TPSA) is 135 Å². The molecule has 1 saturated heterocycles. The molecule has 0 radical (unpaired) electrons. The number of nitrogens with one attached hydrogen (secondary N) is 1. The van der Waals surface area contributed by atoms with Crippen LogP contribution in [0.4, 0.5) is 0 Å². The molecule has 1 fully saturated rings. The highest BCUT2D eigenvalue weighted by Crippen LogP contribution is 2.44. The second kappa shape index (κ2) is 7.06. The summed E-state index contributed by atoms with van der Waals surface area (Å²) >= 11 is 0. The second-order valence-corrected chi connectivity index (χ2v) is 13.3. The first-order valence-electron chi connectivity index (χ1n) is 9.10. The third-order valence-electron chi connectivity index (χ3n) is 5.76. The highest BCUT2D eigenvalue weighted by Gasteiger charge is 2.53. The fourth-order valence-electron chi connectivity index (χ4n) is 3.08. The summed E-state index contributed by atoms with van der Waals surface area (Å²) in [6.45, 7) is 10.1. The van der Waals surface area contributed by atoms with Crippen molar-refractivity contribution in [1.29, 1.82) is 0 Å². The minimum atomic E-state index is -2.21. The molecule has 1 aliphatic heterocycles. The first-order chi connectivity index (χ1) is 13.0. The zero-order valence-electron chi connectivity index (χ0n) is 16.7. The molecule has 0 spiro atoms. The largest absolute Gasteiger partial charge is 0.411 e. The highest BCUT2D eigenvalue weighted by atomic mass is 28.4. The van der Waals surface area contributed by atoms with E-state index in [1.807, 2.05) is 0 Å². The van der Waals surface area contributed by atoms with Gasteiger partial charge in [0.05, 0.1) is 31.6 Å². The fourth-order valence-corrected chi connectivity index (χ4v) is 4.44. The third-order valence-corrected chi connectivity index (χ3v) is 10.2. The summed E-state index contributed by atoms with van der Waals surface area (Å²) in [5.41, 5.74) is -1.09. The van der Waals surface area contributed by atoms with Gasteiger partial charge in [-0.3, -0.25) is 9.36 Å². The molecule has 0 bridgehead atoms. The van der Waals surface area contributed by atoms with E-state index < -0.39 is 32.9 Å². The number of rotatable bonds is 5. The fraction of sp³-hybridized carbons (Fsp3) is 0.647. The van der Waals surface area contributed by atoms with E-state index in [2.05, 4.69) is 54.0 Å². The standard InChI is InChI=1S/C17H27N5O5Si/c1-16(2,3)28(4,5)27-11-6-12(26-17(11,8-23)7-21-25)22-10-20-13-14(22)18-9-19-15(13)24/h7,9-12,23,25H,6,8H2,1-5H3,(H,18,19,24)/t11-,12-,17+/m0/s1. The maximum absolute atomic E-state index is 11.9. The molecule has 2 aromatic rings. The summed E-state index contributed by atoms with van der Waals surface area (Å²) in [5.74, 6) is 0. The molecule has 3 atom stereocenters. The van der Waals surface area contributed by atoms with Crippen molar-refractivity contribution in [3.05, 3.63) is 23.0 Å². The van der Waals surface area contributed by atoms with Gasteiger partial charge in [-0.15, -0.1) is 0 Å². The van der Waals surface area contributed by atoms with Crippen LogP contribution in [-0.4, -0.2) is 62.7 Å². The Morgan fingerprint density at radius 2 is 2.21 bits per heavy atom. The Bertz CT molecular complexity index is 934. The van der Waals surface area contributed by atoms with Gasteiger partial charge < -0.3 is 24.5 Å². The lowest BCUT2D eigenvalue weighted by molar-refractivity contribution is -0.0779. The molecule has 3 heterocycles. The second-order valence-electron chi connectivity index (χ2n) is 8.59. The average Bonchev–Trinajstić information content (AvgIpc) is 3.17. The molecule has 0 unspecified atom stereocenters. The van der Waals surface area contributed by atoms with Gasteiger partial charge in [0.25, 0.3) is 5.56 Å². The van der Waals surface area contributed by atoms with Gasteiger partial charge in [0.2, 0.25) is 0 Å². The van der Waals surface area contributed by atoms with Crippen LogP contribution in [0.5, 0.6) is 0 Å². The Labute approximate surface area is 163 Å². The Hall–Kier alpha value is -2.08. The Morgan fingerprint density at radius 3 is 2.82 bits per heavy atom. The van der Waals surface area contributed by atoms with Gasteiger partial charge in [-0.05, 0) is 18.1 Å². The lowest BCUT2D eigenvalue weighted by Crippen LogP contribution is -2.53. The predicted octanol–water partition coefficient (Wildman–Crippen LogP) is 1.62. The number of aliphatic hydroxyl groups is 1. The van der Waals surface area contributed by atoms with Crippen LogP contribution in [0.1, 0.15) is 33.4 Å². The van der Waals surface area contributed by atoms with E-state index in [9.17, 15) is 15.1 Å². The van der Waals surface area contributed by atoms with Gasteiger partial charge in [-0.2, -0.15) is 0 Å². The van der Waals surface area contributed by atoms with Crippen LogP contribution >= 0.6 is 0 Å². The van der Waals surface area contributed by atoms with Crippen molar-refractivity contribution in [2.24, 2.45) is 5.16 Å². The predicted molar refractivity (Wildman–Crippen MR) is 105 cm³/mol. The molecule has 0 aliphatic carbocycles. The number of aliphatic hydroxyl groups excluding tert-OH is 1. The smallest absolute Gasteiger partial charge is 0.278 e. The van der Waals surface area contributed by atoms with Gasteiger partial charge in [0.1, 0.15) is 6.23 Å². The molecule has 28 heavy (non-hydrogen) atoms. The SMILES string of the molecule is CC(C)(C)[Si](C)(C)O[C@H]1C[C@@H](n2cnc3c(=O)[nH]cnc32)O[C@]1(C=NO)CO. The number of imidazole rings is 1. The molecule has 3 N–H and O–H groups in total. The highest BCUT2D eigenvalue weighted by molar-refractivity contribution is 6.74. The van der Waals surface area contributed by atoms with Crippen LogP contribution in [0.25, 0.3) is 11.2 Å². The van der Waals surface area contributed by atoms with Crippen LogP contribution in [0.3, 0.4) is 0 Å². The van der Waals surface area contributed by atoms with Crippen molar-refractivity contribution in [3.8, 4) is 0 Å². The number of H-pyrrole nitrogens is 1. The molecular weight excluding hydrogens is 382 g/mol. The number of fused-ring (bicyclic) bond motifs is 1. The minimum absolute atomic E-state index is 0.0564. The summed E-state index contributed by atoms with van der Waals surface area (Å²) in [7, 11) is -2.21. The monoisotopic (exact) mass is 409 g/mol. The minimum Gasteiger partial charge on any atom is -0.411 e. The van der Waals surface area contributed by atoms with E-state index in [0.29, 0.717) is 12.1 Å². The van der Waals surface area contributed by atoms with Crippen molar-refractivity contribution in [1.82, 2.24) is 19.5 Å². The average molecular weight is 410 g/mol. The van der Waals surface area contributed by atoms with Crippen LogP contribution in [0.2, 0.25) is 18.1 Å². The Balaban J connectivity index is 2.00. The third kappa shape index (κ3) is 3.38. The molecule has 0 aromatic carbocycles. The van der Waals surface area contributed by atoms with Crippen molar-refractivity contribution in [2.45, 2.75) is 63.3 Å². The van der Waals surface area contributed by atoms with Crippen molar-refractivity contribution in [3.63, 3.8) is 0 Å². The van der Waals surface area contributed by atoms with E-state index in [1.54, 1.807) is 4.57 Å². The molecule has 0 saturated carbocycles. The number of hydrogen-bond acceptors (Lipinski definition) is 8.